The fourth-order valence-electron chi connectivity index (χ4n) is 2.30. The largest absolute Gasteiger partial charge is 0.399 e. The Hall–Kier alpha value is -2.34. The molecule has 0 atom stereocenters. The average Bonchev–Trinajstić information content (AvgIpc) is 2.47. The first kappa shape index (κ1) is 20.7. The number of hydrogen-bond donors (Lipinski definition) is 3. The highest BCUT2D eigenvalue weighted by Crippen LogP contribution is 2.17. The first-order valence-corrected chi connectivity index (χ1v) is 7.92. The van der Waals surface area contributed by atoms with E-state index in [9.17, 15) is 9.59 Å². The van der Waals surface area contributed by atoms with E-state index in [4.69, 9.17) is 5.73 Å². The minimum atomic E-state index is -0.405. The number of halogens is 1. The Morgan fingerprint density at radius 2 is 1.84 bits per heavy atom. The first-order chi connectivity index (χ1) is 11.2. The molecule has 0 radical (unpaired) electrons. The summed E-state index contributed by atoms with van der Waals surface area (Å²) in [6.45, 7) is 7.98. The average molecular weight is 365 g/mol. The summed E-state index contributed by atoms with van der Waals surface area (Å²) in [5.74, 6) is 0.167. The van der Waals surface area contributed by atoms with Crippen molar-refractivity contribution in [3.63, 3.8) is 0 Å². The van der Waals surface area contributed by atoms with Crippen molar-refractivity contribution in [3.05, 3.63) is 57.3 Å². The van der Waals surface area contributed by atoms with Crippen LogP contribution in [0.25, 0.3) is 0 Å². The van der Waals surface area contributed by atoms with Gasteiger partial charge in [-0.3, -0.25) is 9.59 Å². The normalized spacial score (nSPS) is 10.9. The summed E-state index contributed by atoms with van der Waals surface area (Å²) < 4.78 is 0. The van der Waals surface area contributed by atoms with Gasteiger partial charge in [0.25, 0.3) is 11.5 Å². The van der Waals surface area contributed by atoms with Crippen LogP contribution in [0.15, 0.2) is 29.1 Å². The molecule has 1 aromatic heterocycles. The maximum absolute atomic E-state index is 12.3. The van der Waals surface area contributed by atoms with Crippen LogP contribution in [0.3, 0.4) is 0 Å². The molecule has 6 nitrogen and oxygen atoms in total. The zero-order chi connectivity index (χ0) is 17.9. The molecule has 0 aliphatic heterocycles. The molecule has 136 valence electrons. The molecule has 0 bridgehead atoms. The Bertz CT molecular complexity index is 792. The van der Waals surface area contributed by atoms with E-state index in [0.717, 1.165) is 5.56 Å². The number of aryl methyl sites for hydroxylation is 1. The highest BCUT2D eigenvalue weighted by Gasteiger charge is 2.21. The molecular weight excluding hydrogens is 340 g/mol. The van der Waals surface area contributed by atoms with E-state index in [1.165, 1.54) is 0 Å². The van der Waals surface area contributed by atoms with Crippen molar-refractivity contribution in [2.24, 2.45) is 0 Å². The van der Waals surface area contributed by atoms with Crippen LogP contribution < -0.4 is 16.6 Å². The third-order valence-electron chi connectivity index (χ3n) is 3.72. The molecule has 25 heavy (non-hydrogen) atoms. The van der Waals surface area contributed by atoms with E-state index >= 15 is 0 Å². The van der Waals surface area contributed by atoms with Crippen molar-refractivity contribution in [2.45, 2.75) is 39.5 Å². The summed E-state index contributed by atoms with van der Waals surface area (Å²) in [7, 11) is 0. The maximum atomic E-state index is 12.3. The van der Waals surface area contributed by atoms with Gasteiger partial charge in [0, 0.05) is 17.6 Å². The number of benzene rings is 1. The van der Waals surface area contributed by atoms with Crippen molar-refractivity contribution in [2.75, 3.05) is 12.3 Å². The molecule has 2 rings (SSSR count). The quantitative estimate of drug-likeness (QED) is 0.725. The Morgan fingerprint density at radius 3 is 2.36 bits per heavy atom. The molecule has 0 aliphatic rings. The highest BCUT2D eigenvalue weighted by atomic mass is 35.5. The molecule has 4 N–H and O–H groups in total. The summed E-state index contributed by atoms with van der Waals surface area (Å²) >= 11 is 0. The van der Waals surface area contributed by atoms with Crippen LogP contribution in [-0.4, -0.2) is 22.4 Å². The Morgan fingerprint density at radius 1 is 1.24 bits per heavy atom. The monoisotopic (exact) mass is 364 g/mol. The minimum Gasteiger partial charge on any atom is -0.399 e. The number of rotatable bonds is 4. The third-order valence-corrected chi connectivity index (χ3v) is 3.72. The minimum absolute atomic E-state index is 0. The zero-order valence-electron chi connectivity index (χ0n) is 15.0. The van der Waals surface area contributed by atoms with Crippen LogP contribution in [0.5, 0.6) is 0 Å². The SMILES string of the molecule is Cc1nc(C(C)(C)C)[nH]c(=O)c1C(=O)NCCc1ccc(N)cc1.Cl. The van der Waals surface area contributed by atoms with Crippen LogP contribution in [0.4, 0.5) is 5.69 Å². The number of nitrogens with two attached hydrogens (primary N) is 1. The molecule has 1 amide bonds. The number of nitrogen functional groups attached to an aromatic ring is 1. The predicted octanol–water partition coefficient (Wildman–Crippen LogP) is 2.35. The van der Waals surface area contributed by atoms with Gasteiger partial charge in [-0.25, -0.2) is 4.98 Å². The number of aromatic nitrogens is 2. The van der Waals surface area contributed by atoms with Gasteiger partial charge in [0.05, 0.1) is 5.69 Å². The molecule has 0 unspecified atom stereocenters. The van der Waals surface area contributed by atoms with Crippen LogP contribution in [0, 0.1) is 6.92 Å². The molecule has 0 spiro atoms. The number of amides is 1. The summed E-state index contributed by atoms with van der Waals surface area (Å²) in [6, 6.07) is 7.47. The number of carbonyl (C=O) groups excluding carboxylic acids is 1. The molecule has 0 fully saturated rings. The third kappa shape index (κ3) is 5.32. The number of nitrogens with zero attached hydrogens (tertiary/aromatic N) is 1. The van der Waals surface area contributed by atoms with Crippen LogP contribution in [0.2, 0.25) is 0 Å². The number of anilines is 1. The van der Waals surface area contributed by atoms with Crippen LogP contribution in [0.1, 0.15) is 48.2 Å². The summed E-state index contributed by atoms with van der Waals surface area (Å²) in [4.78, 5) is 31.6. The molecule has 0 aliphatic carbocycles. The van der Waals surface area contributed by atoms with Gasteiger partial charge in [-0.15, -0.1) is 12.4 Å². The van der Waals surface area contributed by atoms with Gasteiger partial charge in [-0.1, -0.05) is 32.9 Å². The van der Waals surface area contributed by atoms with Gasteiger partial charge >= 0.3 is 0 Å². The van der Waals surface area contributed by atoms with E-state index < -0.39 is 11.5 Å². The maximum Gasteiger partial charge on any atom is 0.264 e. The van der Waals surface area contributed by atoms with Crippen LogP contribution in [-0.2, 0) is 11.8 Å². The zero-order valence-corrected chi connectivity index (χ0v) is 15.8. The standard InChI is InChI=1S/C18H24N4O2.ClH/c1-11-14(16(24)22-17(21-11)18(2,3)4)15(23)20-10-9-12-5-7-13(19)8-6-12;/h5-8H,9-10,19H2,1-4H3,(H,20,23)(H,21,22,24);1H. The molecule has 2 aromatic rings. The van der Waals surface area contributed by atoms with Gasteiger partial charge in [-0.05, 0) is 31.0 Å². The summed E-state index contributed by atoms with van der Waals surface area (Å²) in [5.41, 5.74) is 7.23. The lowest BCUT2D eigenvalue weighted by Gasteiger charge is -2.18. The number of nitrogens with one attached hydrogen (secondary N) is 2. The van der Waals surface area contributed by atoms with Crippen molar-refractivity contribution >= 4 is 24.0 Å². The number of aromatic amines is 1. The van der Waals surface area contributed by atoms with E-state index in [-0.39, 0.29) is 23.4 Å². The van der Waals surface area contributed by atoms with Crippen molar-refractivity contribution in [1.82, 2.24) is 15.3 Å². The summed E-state index contributed by atoms with van der Waals surface area (Å²) in [5, 5.41) is 2.77. The van der Waals surface area contributed by atoms with E-state index in [1.807, 2.05) is 45.0 Å². The lowest BCUT2D eigenvalue weighted by Crippen LogP contribution is -2.34. The Labute approximate surface area is 153 Å². The van der Waals surface area contributed by atoms with Gasteiger partial charge in [0.15, 0.2) is 0 Å². The molecule has 1 heterocycles. The van der Waals surface area contributed by atoms with E-state index in [0.29, 0.717) is 30.2 Å². The first-order valence-electron chi connectivity index (χ1n) is 7.92. The molecule has 1 aromatic carbocycles. The lowest BCUT2D eigenvalue weighted by molar-refractivity contribution is 0.0951. The van der Waals surface area contributed by atoms with Gasteiger partial charge < -0.3 is 16.0 Å². The second kappa shape index (κ2) is 8.16. The molecular formula is C18H25ClN4O2. The molecule has 0 saturated carbocycles. The number of hydrogen-bond acceptors (Lipinski definition) is 4. The van der Waals surface area contributed by atoms with Crippen molar-refractivity contribution in [1.29, 1.82) is 0 Å². The number of H-pyrrole nitrogens is 1. The van der Waals surface area contributed by atoms with Crippen molar-refractivity contribution < 1.29 is 4.79 Å². The van der Waals surface area contributed by atoms with Gasteiger partial charge in [0.1, 0.15) is 11.4 Å². The second-order valence-electron chi connectivity index (χ2n) is 6.87. The topological polar surface area (TPSA) is 101 Å². The Kier molecular flexibility index (Phi) is 6.76. The lowest BCUT2D eigenvalue weighted by atomic mass is 9.95. The van der Waals surface area contributed by atoms with Crippen LogP contribution >= 0.6 is 12.4 Å². The number of carbonyl (C=O) groups is 1. The molecule has 0 saturated heterocycles. The smallest absolute Gasteiger partial charge is 0.264 e. The molecule has 7 heteroatoms. The Balaban J connectivity index is 0.00000312. The highest BCUT2D eigenvalue weighted by molar-refractivity contribution is 5.94. The van der Waals surface area contributed by atoms with Crippen molar-refractivity contribution in [3.8, 4) is 0 Å². The van der Waals surface area contributed by atoms with Gasteiger partial charge in [0.2, 0.25) is 0 Å². The predicted molar refractivity (Wildman–Crippen MR) is 102 cm³/mol. The second-order valence-corrected chi connectivity index (χ2v) is 6.87. The van der Waals surface area contributed by atoms with E-state index in [1.54, 1.807) is 6.92 Å². The van der Waals surface area contributed by atoms with E-state index in [2.05, 4.69) is 15.3 Å². The van der Waals surface area contributed by atoms with Gasteiger partial charge in [-0.2, -0.15) is 0 Å². The fourth-order valence-corrected chi connectivity index (χ4v) is 2.30. The fraction of sp³-hybridized carbons (Fsp3) is 0.389. The summed E-state index contributed by atoms with van der Waals surface area (Å²) in [6.07, 6.45) is 0.663.